The molecule has 1 atom stereocenters. The van der Waals surface area contributed by atoms with Crippen LogP contribution in [0.1, 0.15) is 20.3 Å². The second-order valence-electron chi connectivity index (χ2n) is 2.57. The number of rotatable bonds is 4. The summed E-state index contributed by atoms with van der Waals surface area (Å²) >= 11 is 0. The van der Waals surface area contributed by atoms with Crippen LogP contribution in [-0.2, 0) is 4.79 Å². The predicted molar refractivity (Wildman–Crippen MR) is 39.2 cm³/mol. The van der Waals surface area contributed by atoms with Crippen LogP contribution < -0.4 is 0 Å². The predicted octanol–water partition coefficient (Wildman–Crippen LogP) is 2.03. The second-order valence-corrected chi connectivity index (χ2v) is 2.57. The van der Waals surface area contributed by atoms with E-state index in [1.807, 2.05) is 13.8 Å². The lowest BCUT2D eigenvalue weighted by molar-refractivity contribution is -0.112. The fourth-order valence-corrected chi connectivity index (χ4v) is 0.677. The molecular weight excluding hydrogens is 112 g/mol. The molecule has 0 N–H and O–H groups in total. The molecule has 0 unspecified atom stereocenters. The highest BCUT2D eigenvalue weighted by Crippen LogP contribution is 2.11. The standard InChI is InChI=1S/C8H14O/c1-4-5-8(6-9)7(2)3/h4,6-8H,1,5H2,2-3H3/t8-/m1/s1. The average Bonchev–Trinajstić information content (AvgIpc) is 1.82. The van der Waals surface area contributed by atoms with Crippen LogP contribution in [0.4, 0.5) is 0 Å². The van der Waals surface area contributed by atoms with Gasteiger partial charge in [-0.2, -0.15) is 0 Å². The molecule has 0 radical (unpaired) electrons. The zero-order valence-corrected chi connectivity index (χ0v) is 6.13. The van der Waals surface area contributed by atoms with Crippen LogP contribution in [-0.4, -0.2) is 6.29 Å². The first-order valence-electron chi connectivity index (χ1n) is 3.28. The number of hydrogen-bond donors (Lipinski definition) is 0. The molecule has 0 amide bonds. The monoisotopic (exact) mass is 126 g/mol. The lowest BCUT2D eigenvalue weighted by Gasteiger charge is -2.09. The van der Waals surface area contributed by atoms with E-state index in [9.17, 15) is 4.79 Å². The van der Waals surface area contributed by atoms with Crippen molar-refractivity contribution < 1.29 is 4.79 Å². The topological polar surface area (TPSA) is 17.1 Å². The van der Waals surface area contributed by atoms with Crippen LogP contribution in [0.15, 0.2) is 12.7 Å². The van der Waals surface area contributed by atoms with Gasteiger partial charge >= 0.3 is 0 Å². The van der Waals surface area contributed by atoms with E-state index in [-0.39, 0.29) is 5.92 Å². The summed E-state index contributed by atoms with van der Waals surface area (Å²) in [4.78, 5) is 10.3. The number of allylic oxidation sites excluding steroid dienone is 1. The first-order valence-corrected chi connectivity index (χ1v) is 3.28. The number of hydrogen-bond acceptors (Lipinski definition) is 1. The molecule has 0 spiro atoms. The second kappa shape index (κ2) is 4.30. The molecule has 1 nitrogen and oxygen atoms in total. The highest BCUT2D eigenvalue weighted by molar-refractivity contribution is 5.54. The molecule has 0 rings (SSSR count). The average molecular weight is 126 g/mol. The SMILES string of the molecule is C=CC[C@H](C=O)C(C)C. The smallest absolute Gasteiger partial charge is 0.123 e. The molecule has 1 heteroatoms. The van der Waals surface area contributed by atoms with E-state index >= 15 is 0 Å². The van der Waals surface area contributed by atoms with Crippen LogP contribution in [0, 0.1) is 11.8 Å². The number of carbonyl (C=O) groups excluding carboxylic acids is 1. The van der Waals surface area contributed by atoms with E-state index in [2.05, 4.69) is 6.58 Å². The molecule has 0 aliphatic carbocycles. The number of aldehydes is 1. The summed E-state index contributed by atoms with van der Waals surface area (Å²) in [6.45, 7) is 7.66. The Labute approximate surface area is 56.8 Å². The van der Waals surface area contributed by atoms with Crippen molar-refractivity contribution in [3.05, 3.63) is 12.7 Å². The summed E-state index contributed by atoms with van der Waals surface area (Å²) in [6, 6.07) is 0. The van der Waals surface area contributed by atoms with Crippen molar-refractivity contribution >= 4 is 6.29 Å². The van der Waals surface area contributed by atoms with Gasteiger partial charge in [0.15, 0.2) is 0 Å². The maximum Gasteiger partial charge on any atom is 0.123 e. The quantitative estimate of drug-likeness (QED) is 0.416. The van der Waals surface area contributed by atoms with Crippen molar-refractivity contribution in [3.63, 3.8) is 0 Å². The third-order valence-electron chi connectivity index (χ3n) is 1.47. The van der Waals surface area contributed by atoms with Gasteiger partial charge in [0.25, 0.3) is 0 Å². The molecule has 52 valence electrons. The summed E-state index contributed by atoms with van der Waals surface area (Å²) in [5.41, 5.74) is 0. The van der Waals surface area contributed by atoms with Gasteiger partial charge in [0.05, 0.1) is 0 Å². The van der Waals surface area contributed by atoms with Crippen LogP contribution in [0.25, 0.3) is 0 Å². The first-order chi connectivity index (χ1) is 4.22. The van der Waals surface area contributed by atoms with Gasteiger partial charge in [-0.1, -0.05) is 19.9 Å². The molecule has 0 heterocycles. The Balaban J connectivity index is 3.66. The molecule has 9 heavy (non-hydrogen) atoms. The van der Waals surface area contributed by atoms with E-state index in [0.29, 0.717) is 5.92 Å². The molecule has 0 bridgehead atoms. The molecule has 0 aromatic heterocycles. The Morgan fingerprint density at radius 2 is 2.11 bits per heavy atom. The largest absolute Gasteiger partial charge is 0.303 e. The molecule has 0 aromatic rings. The molecule has 0 saturated heterocycles. The minimum atomic E-state index is 0.169. The minimum Gasteiger partial charge on any atom is -0.303 e. The van der Waals surface area contributed by atoms with Crippen molar-refractivity contribution in [3.8, 4) is 0 Å². The summed E-state index contributed by atoms with van der Waals surface area (Å²) in [5, 5.41) is 0. The normalized spacial score (nSPS) is 13.2. The Morgan fingerprint density at radius 3 is 2.22 bits per heavy atom. The molecule has 0 aliphatic rings. The summed E-state index contributed by atoms with van der Waals surface area (Å²) < 4.78 is 0. The minimum absolute atomic E-state index is 0.169. The maximum atomic E-state index is 10.3. The van der Waals surface area contributed by atoms with E-state index in [1.165, 1.54) is 0 Å². The fourth-order valence-electron chi connectivity index (χ4n) is 0.677. The molecule has 0 aliphatic heterocycles. The van der Waals surface area contributed by atoms with Crippen molar-refractivity contribution in [2.45, 2.75) is 20.3 Å². The van der Waals surface area contributed by atoms with Crippen molar-refractivity contribution in [1.82, 2.24) is 0 Å². The summed E-state index contributed by atoms with van der Waals surface area (Å²) in [7, 11) is 0. The maximum absolute atomic E-state index is 10.3. The molecule has 0 fully saturated rings. The summed E-state index contributed by atoms with van der Waals surface area (Å²) in [6.07, 6.45) is 3.60. The summed E-state index contributed by atoms with van der Waals surface area (Å²) in [5.74, 6) is 0.614. The Hall–Kier alpha value is -0.590. The van der Waals surface area contributed by atoms with Gasteiger partial charge in [0.1, 0.15) is 6.29 Å². The van der Waals surface area contributed by atoms with Gasteiger partial charge < -0.3 is 4.79 Å². The first kappa shape index (κ1) is 8.41. The van der Waals surface area contributed by atoms with Gasteiger partial charge in [0.2, 0.25) is 0 Å². The van der Waals surface area contributed by atoms with Crippen molar-refractivity contribution in [2.75, 3.05) is 0 Å². The van der Waals surface area contributed by atoms with Gasteiger partial charge in [-0.3, -0.25) is 0 Å². The zero-order chi connectivity index (χ0) is 7.28. The highest BCUT2D eigenvalue weighted by Gasteiger charge is 2.08. The van der Waals surface area contributed by atoms with E-state index < -0.39 is 0 Å². The number of carbonyl (C=O) groups is 1. The van der Waals surface area contributed by atoms with Crippen LogP contribution >= 0.6 is 0 Å². The van der Waals surface area contributed by atoms with E-state index in [4.69, 9.17) is 0 Å². The van der Waals surface area contributed by atoms with Gasteiger partial charge in [-0.25, -0.2) is 0 Å². The molecular formula is C8H14O. The van der Waals surface area contributed by atoms with Gasteiger partial charge in [-0.15, -0.1) is 6.58 Å². The van der Waals surface area contributed by atoms with Crippen molar-refractivity contribution in [1.29, 1.82) is 0 Å². The third kappa shape index (κ3) is 3.07. The van der Waals surface area contributed by atoms with Crippen LogP contribution in [0.5, 0.6) is 0 Å². The van der Waals surface area contributed by atoms with Crippen LogP contribution in [0.3, 0.4) is 0 Å². The Bertz CT molecular complexity index is 94.7. The lowest BCUT2D eigenvalue weighted by Crippen LogP contribution is -2.08. The fraction of sp³-hybridized carbons (Fsp3) is 0.625. The van der Waals surface area contributed by atoms with E-state index in [0.717, 1.165) is 12.7 Å². The van der Waals surface area contributed by atoms with Crippen molar-refractivity contribution in [2.24, 2.45) is 11.8 Å². The van der Waals surface area contributed by atoms with Gasteiger partial charge in [0, 0.05) is 5.92 Å². The third-order valence-corrected chi connectivity index (χ3v) is 1.47. The Kier molecular flexibility index (Phi) is 4.02. The van der Waals surface area contributed by atoms with Gasteiger partial charge in [-0.05, 0) is 12.3 Å². The zero-order valence-electron chi connectivity index (χ0n) is 6.13. The molecule has 0 saturated carbocycles. The lowest BCUT2D eigenvalue weighted by atomic mass is 9.94. The highest BCUT2D eigenvalue weighted by atomic mass is 16.1. The van der Waals surface area contributed by atoms with Crippen LogP contribution in [0.2, 0.25) is 0 Å². The van der Waals surface area contributed by atoms with E-state index in [1.54, 1.807) is 6.08 Å². The Morgan fingerprint density at radius 1 is 1.56 bits per heavy atom. The molecule has 0 aromatic carbocycles.